The number of hydrogen-bond acceptors (Lipinski definition) is 4. The van der Waals surface area contributed by atoms with Crippen LogP contribution in [0.25, 0.3) is 10.9 Å². The Morgan fingerprint density at radius 1 is 0.882 bits per heavy atom. The van der Waals surface area contributed by atoms with Crippen LogP contribution in [0.5, 0.6) is 5.75 Å². The number of nitrogens with one attached hydrogen (secondary N) is 1. The predicted octanol–water partition coefficient (Wildman–Crippen LogP) is 4.59. The second-order valence-corrected chi connectivity index (χ2v) is 10.3. The molecule has 0 saturated heterocycles. The van der Waals surface area contributed by atoms with Gasteiger partial charge in [-0.25, -0.2) is 8.42 Å². The summed E-state index contributed by atoms with van der Waals surface area (Å²) in [4.78, 5) is 16.0. The van der Waals surface area contributed by atoms with Crippen molar-refractivity contribution in [2.24, 2.45) is 0 Å². The number of aromatic nitrogens is 1. The van der Waals surface area contributed by atoms with Crippen LogP contribution in [0.4, 0.5) is 0 Å². The van der Waals surface area contributed by atoms with Crippen molar-refractivity contribution < 1.29 is 13.2 Å². The van der Waals surface area contributed by atoms with E-state index >= 15 is 0 Å². The second kappa shape index (κ2) is 9.83. The SMILES string of the molecule is COc1ccc(S(=O)(=O)N(CCc2ccccc2C)Cc2cc3cccc(C)c3[nH]c2=O)cc1. The molecule has 1 N–H and O–H groups in total. The fourth-order valence-corrected chi connectivity index (χ4v) is 5.47. The van der Waals surface area contributed by atoms with Gasteiger partial charge in [-0.1, -0.05) is 42.5 Å². The number of aryl methyl sites for hydroxylation is 2. The number of nitrogens with zero attached hydrogens (tertiary/aromatic N) is 1. The molecule has 0 aliphatic rings. The van der Waals surface area contributed by atoms with Gasteiger partial charge in [0.1, 0.15) is 5.75 Å². The number of pyridine rings is 1. The summed E-state index contributed by atoms with van der Waals surface area (Å²) < 4.78 is 33.8. The molecule has 176 valence electrons. The van der Waals surface area contributed by atoms with Gasteiger partial charge < -0.3 is 9.72 Å². The summed E-state index contributed by atoms with van der Waals surface area (Å²) in [5.41, 5.74) is 4.01. The smallest absolute Gasteiger partial charge is 0.252 e. The minimum absolute atomic E-state index is 0.0283. The van der Waals surface area contributed by atoms with E-state index in [0.717, 1.165) is 27.6 Å². The molecule has 0 unspecified atom stereocenters. The lowest BCUT2D eigenvalue weighted by Gasteiger charge is -2.23. The normalized spacial score (nSPS) is 11.8. The molecular weight excluding hydrogens is 448 g/mol. The number of hydrogen-bond donors (Lipinski definition) is 1. The highest BCUT2D eigenvalue weighted by Gasteiger charge is 2.26. The Morgan fingerprint density at radius 2 is 1.59 bits per heavy atom. The van der Waals surface area contributed by atoms with Gasteiger partial charge in [0.15, 0.2) is 0 Å². The lowest BCUT2D eigenvalue weighted by Crippen LogP contribution is -2.34. The standard InChI is InChI=1S/C27H28N2O4S/c1-19-7-4-5-9-21(19)15-16-29(34(31,32)25-13-11-24(33-3)12-14-25)18-23-17-22-10-6-8-20(2)26(22)28-27(23)30/h4-14,17H,15-16,18H2,1-3H3,(H,28,30). The molecular formula is C27H28N2O4S. The fraction of sp³-hybridized carbons (Fsp3) is 0.222. The maximum absolute atomic E-state index is 13.6. The topological polar surface area (TPSA) is 79.5 Å². The molecule has 4 rings (SSSR count). The van der Waals surface area contributed by atoms with Crippen molar-refractivity contribution in [1.29, 1.82) is 0 Å². The molecule has 0 atom stereocenters. The highest BCUT2D eigenvalue weighted by atomic mass is 32.2. The first-order valence-electron chi connectivity index (χ1n) is 11.1. The third-order valence-corrected chi connectivity index (χ3v) is 7.96. The number of fused-ring (bicyclic) bond motifs is 1. The van der Waals surface area contributed by atoms with Crippen molar-refractivity contribution >= 4 is 20.9 Å². The molecule has 1 heterocycles. The third-order valence-electron chi connectivity index (χ3n) is 6.10. The van der Waals surface area contributed by atoms with Crippen molar-refractivity contribution in [3.05, 3.63) is 105 Å². The molecule has 0 aliphatic carbocycles. The summed E-state index contributed by atoms with van der Waals surface area (Å²) in [5.74, 6) is 0.576. The lowest BCUT2D eigenvalue weighted by atomic mass is 10.1. The molecule has 0 saturated carbocycles. The van der Waals surface area contributed by atoms with Gasteiger partial charge in [0.05, 0.1) is 17.5 Å². The van der Waals surface area contributed by atoms with Crippen LogP contribution in [-0.2, 0) is 23.0 Å². The Morgan fingerprint density at radius 3 is 2.29 bits per heavy atom. The number of sulfonamides is 1. The van der Waals surface area contributed by atoms with Crippen LogP contribution >= 0.6 is 0 Å². The zero-order chi connectivity index (χ0) is 24.3. The molecule has 0 amide bonds. The highest BCUT2D eigenvalue weighted by molar-refractivity contribution is 7.89. The number of benzene rings is 3. The lowest BCUT2D eigenvalue weighted by molar-refractivity contribution is 0.406. The van der Waals surface area contributed by atoms with E-state index in [1.165, 1.54) is 23.5 Å². The molecule has 6 nitrogen and oxygen atoms in total. The molecule has 0 aliphatic heterocycles. The molecule has 0 fully saturated rings. The Hall–Kier alpha value is -3.42. The molecule has 4 aromatic rings. The minimum Gasteiger partial charge on any atom is -0.497 e. The van der Waals surface area contributed by atoms with Gasteiger partial charge in [-0.05, 0) is 72.7 Å². The van der Waals surface area contributed by atoms with E-state index in [1.54, 1.807) is 18.2 Å². The van der Waals surface area contributed by atoms with E-state index in [4.69, 9.17) is 4.74 Å². The number of para-hydroxylation sites is 1. The summed E-state index contributed by atoms with van der Waals surface area (Å²) in [7, 11) is -2.33. The Balaban J connectivity index is 1.72. The van der Waals surface area contributed by atoms with Gasteiger partial charge in [-0.3, -0.25) is 4.79 Å². The van der Waals surface area contributed by atoms with Crippen LogP contribution in [0.3, 0.4) is 0 Å². The molecule has 3 aromatic carbocycles. The monoisotopic (exact) mass is 476 g/mol. The van der Waals surface area contributed by atoms with E-state index in [2.05, 4.69) is 4.98 Å². The van der Waals surface area contributed by atoms with E-state index in [0.29, 0.717) is 17.7 Å². The van der Waals surface area contributed by atoms with Crippen LogP contribution in [0, 0.1) is 13.8 Å². The fourth-order valence-electron chi connectivity index (χ4n) is 4.05. The number of rotatable bonds is 8. The van der Waals surface area contributed by atoms with Crippen molar-refractivity contribution in [2.45, 2.75) is 31.7 Å². The molecule has 1 aromatic heterocycles. The van der Waals surface area contributed by atoms with Gasteiger partial charge in [-0.2, -0.15) is 4.31 Å². The first-order valence-corrected chi connectivity index (χ1v) is 12.5. The number of methoxy groups -OCH3 is 1. The maximum Gasteiger partial charge on any atom is 0.252 e. The summed E-state index contributed by atoms with van der Waals surface area (Å²) in [6, 6.07) is 21.8. The summed E-state index contributed by atoms with van der Waals surface area (Å²) in [6.45, 7) is 4.15. The summed E-state index contributed by atoms with van der Waals surface area (Å²) >= 11 is 0. The van der Waals surface area contributed by atoms with Crippen molar-refractivity contribution in [1.82, 2.24) is 9.29 Å². The molecule has 0 radical (unpaired) electrons. The van der Waals surface area contributed by atoms with E-state index < -0.39 is 10.0 Å². The average molecular weight is 477 g/mol. The molecule has 0 bridgehead atoms. The van der Waals surface area contributed by atoms with E-state index in [1.807, 2.05) is 56.3 Å². The average Bonchev–Trinajstić information content (AvgIpc) is 2.83. The largest absolute Gasteiger partial charge is 0.497 e. The summed E-state index contributed by atoms with van der Waals surface area (Å²) in [6.07, 6.45) is 0.534. The Labute approximate surface area is 199 Å². The van der Waals surface area contributed by atoms with Crippen LogP contribution in [0.15, 0.2) is 82.5 Å². The quantitative estimate of drug-likeness (QED) is 0.404. The minimum atomic E-state index is -3.86. The number of aromatic amines is 1. The van der Waals surface area contributed by atoms with Crippen LogP contribution < -0.4 is 10.3 Å². The zero-order valence-corrected chi connectivity index (χ0v) is 20.4. The first-order chi connectivity index (χ1) is 16.3. The van der Waals surface area contributed by atoms with Gasteiger partial charge in [0, 0.05) is 18.7 Å². The molecule has 0 spiro atoms. The number of H-pyrrole nitrogens is 1. The Kier molecular flexibility index (Phi) is 6.86. The van der Waals surface area contributed by atoms with Crippen LogP contribution in [0.2, 0.25) is 0 Å². The van der Waals surface area contributed by atoms with Crippen molar-refractivity contribution in [3.63, 3.8) is 0 Å². The molecule has 34 heavy (non-hydrogen) atoms. The predicted molar refractivity (Wildman–Crippen MR) is 135 cm³/mol. The molecule has 7 heteroatoms. The van der Waals surface area contributed by atoms with Crippen molar-refractivity contribution in [3.8, 4) is 5.75 Å². The van der Waals surface area contributed by atoms with Gasteiger partial charge in [-0.15, -0.1) is 0 Å². The van der Waals surface area contributed by atoms with E-state index in [9.17, 15) is 13.2 Å². The van der Waals surface area contributed by atoms with Crippen molar-refractivity contribution in [2.75, 3.05) is 13.7 Å². The van der Waals surface area contributed by atoms with Gasteiger partial charge >= 0.3 is 0 Å². The van der Waals surface area contributed by atoms with Crippen LogP contribution in [-0.4, -0.2) is 31.4 Å². The second-order valence-electron chi connectivity index (χ2n) is 8.35. The maximum atomic E-state index is 13.6. The number of ether oxygens (including phenoxy) is 1. The van der Waals surface area contributed by atoms with Crippen LogP contribution in [0.1, 0.15) is 22.3 Å². The Bertz CT molecular complexity index is 1480. The summed E-state index contributed by atoms with van der Waals surface area (Å²) in [5, 5.41) is 0.871. The van der Waals surface area contributed by atoms with E-state index in [-0.39, 0.29) is 23.5 Å². The van der Waals surface area contributed by atoms with Gasteiger partial charge in [0.25, 0.3) is 5.56 Å². The first kappa shape index (κ1) is 23.7. The van der Waals surface area contributed by atoms with Gasteiger partial charge in [0.2, 0.25) is 10.0 Å². The third kappa shape index (κ3) is 4.90. The zero-order valence-electron chi connectivity index (χ0n) is 19.5. The highest BCUT2D eigenvalue weighted by Crippen LogP contribution is 2.23.